The molecule has 0 unspecified atom stereocenters. The quantitative estimate of drug-likeness (QED) is 0.528. The van der Waals surface area contributed by atoms with Gasteiger partial charge in [0.15, 0.2) is 0 Å². The third-order valence-corrected chi connectivity index (χ3v) is 1.95. The molecule has 2 N–H and O–H groups in total. The van der Waals surface area contributed by atoms with Crippen molar-refractivity contribution in [3.8, 4) is 0 Å². The van der Waals surface area contributed by atoms with Gasteiger partial charge in [0, 0.05) is 18.3 Å². The maximum Gasteiger partial charge on any atom is 0.123 e. The average Bonchev–Trinajstić information content (AvgIpc) is 2.23. The summed E-state index contributed by atoms with van der Waals surface area (Å²) >= 11 is 0. The molecule has 0 aromatic carbocycles. The van der Waals surface area contributed by atoms with E-state index in [0.717, 1.165) is 11.8 Å². The van der Waals surface area contributed by atoms with Gasteiger partial charge in [-0.1, -0.05) is 13.2 Å². The van der Waals surface area contributed by atoms with E-state index in [4.69, 9.17) is 5.41 Å². The number of halogens is 1. The minimum Gasteiger partial charge on any atom is -0.391 e. The number of allylic oxidation sites excluding steroid dienone is 6. The standard InChI is InChI=1S/C12H17FN2/c1-6-10(13)7-11(9(4)15-5)12(14)8(2)3/h6-7,14-15H,1-2H2,3-5H3/b10-7+,11-9-,14-12?. The van der Waals surface area contributed by atoms with Gasteiger partial charge in [-0.05, 0) is 31.6 Å². The number of nitrogens with one attached hydrogen (secondary N) is 2. The molecule has 0 spiro atoms. The molecule has 0 heterocycles. The number of hydrogen-bond acceptors (Lipinski definition) is 2. The molecular formula is C12H17FN2. The van der Waals surface area contributed by atoms with Crippen molar-refractivity contribution in [1.82, 2.24) is 5.32 Å². The van der Waals surface area contributed by atoms with Gasteiger partial charge in [-0.25, -0.2) is 4.39 Å². The Bertz CT molecular complexity index is 349. The first-order valence-electron chi connectivity index (χ1n) is 4.57. The fourth-order valence-corrected chi connectivity index (χ4v) is 0.929. The predicted octanol–water partition coefficient (Wildman–Crippen LogP) is 3.12. The van der Waals surface area contributed by atoms with Crippen LogP contribution in [0.3, 0.4) is 0 Å². The second kappa shape index (κ2) is 5.96. The summed E-state index contributed by atoms with van der Waals surface area (Å²) in [6, 6.07) is 0. The van der Waals surface area contributed by atoms with Crippen molar-refractivity contribution in [1.29, 1.82) is 5.41 Å². The SMILES string of the molecule is C=C/C(F)=C\C(C(=N)C(=C)C)=C(/C)NC. The van der Waals surface area contributed by atoms with Crippen LogP contribution in [0.1, 0.15) is 13.8 Å². The predicted molar refractivity (Wildman–Crippen MR) is 63.7 cm³/mol. The molecule has 3 heteroatoms. The lowest BCUT2D eigenvalue weighted by Crippen LogP contribution is -2.11. The summed E-state index contributed by atoms with van der Waals surface area (Å²) in [4.78, 5) is 0. The normalized spacial score (nSPS) is 12.9. The van der Waals surface area contributed by atoms with Crippen molar-refractivity contribution in [2.24, 2.45) is 0 Å². The van der Waals surface area contributed by atoms with Crippen molar-refractivity contribution in [3.63, 3.8) is 0 Å². The Morgan fingerprint density at radius 2 is 1.93 bits per heavy atom. The zero-order valence-electron chi connectivity index (χ0n) is 9.45. The van der Waals surface area contributed by atoms with Crippen molar-refractivity contribution in [2.75, 3.05) is 7.05 Å². The first-order chi connectivity index (χ1) is 6.93. The fourth-order valence-electron chi connectivity index (χ4n) is 0.929. The second-order valence-electron chi connectivity index (χ2n) is 3.18. The van der Waals surface area contributed by atoms with Gasteiger partial charge in [-0.15, -0.1) is 0 Å². The molecule has 0 saturated heterocycles. The molecule has 0 aromatic rings. The van der Waals surface area contributed by atoms with Crippen LogP contribution in [0.5, 0.6) is 0 Å². The molecule has 0 aliphatic heterocycles. The maximum absolute atomic E-state index is 13.1. The smallest absolute Gasteiger partial charge is 0.123 e. The molecule has 0 amide bonds. The Kier molecular flexibility index (Phi) is 5.31. The zero-order chi connectivity index (χ0) is 12.0. The third kappa shape index (κ3) is 3.94. The summed E-state index contributed by atoms with van der Waals surface area (Å²) < 4.78 is 13.1. The molecule has 0 aliphatic rings. The molecular weight excluding hydrogens is 191 g/mol. The molecule has 0 aromatic heterocycles. The first-order valence-corrected chi connectivity index (χ1v) is 4.57. The van der Waals surface area contributed by atoms with Crippen molar-refractivity contribution in [3.05, 3.63) is 48.0 Å². The Labute approximate surface area is 90.4 Å². The maximum atomic E-state index is 13.1. The van der Waals surface area contributed by atoms with Gasteiger partial charge in [0.05, 0.1) is 5.71 Å². The highest BCUT2D eigenvalue weighted by atomic mass is 19.1. The molecule has 0 atom stereocenters. The molecule has 2 nitrogen and oxygen atoms in total. The van der Waals surface area contributed by atoms with Gasteiger partial charge < -0.3 is 5.32 Å². The van der Waals surface area contributed by atoms with Gasteiger partial charge in [-0.3, -0.25) is 5.41 Å². The lowest BCUT2D eigenvalue weighted by atomic mass is 10.0. The Morgan fingerprint density at radius 3 is 2.27 bits per heavy atom. The molecule has 0 bridgehead atoms. The summed E-state index contributed by atoms with van der Waals surface area (Å²) in [5.41, 5.74) is 2.02. The Balaban J connectivity index is 5.37. The van der Waals surface area contributed by atoms with Gasteiger partial charge in [0.25, 0.3) is 0 Å². The minimum atomic E-state index is -0.467. The molecule has 15 heavy (non-hydrogen) atoms. The van der Waals surface area contributed by atoms with Crippen LogP contribution in [0.25, 0.3) is 0 Å². The van der Waals surface area contributed by atoms with E-state index in [1.165, 1.54) is 6.08 Å². The van der Waals surface area contributed by atoms with E-state index in [2.05, 4.69) is 18.5 Å². The molecule has 0 saturated carbocycles. The largest absolute Gasteiger partial charge is 0.391 e. The highest BCUT2D eigenvalue weighted by Gasteiger charge is 2.07. The first kappa shape index (κ1) is 13.4. The van der Waals surface area contributed by atoms with Crippen LogP contribution < -0.4 is 5.32 Å². The second-order valence-corrected chi connectivity index (χ2v) is 3.18. The van der Waals surface area contributed by atoms with Crippen LogP contribution in [0.2, 0.25) is 0 Å². The van der Waals surface area contributed by atoms with Crippen LogP contribution >= 0.6 is 0 Å². The Hall–Kier alpha value is -1.64. The molecule has 82 valence electrons. The molecule has 0 aliphatic carbocycles. The topological polar surface area (TPSA) is 35.9 Å². The van der Waals surface area contributed by atoms with Crippen LogP contribution in [-0.4, -0.2) is 12.8 Å². The lowest BCUT2D eigenvalue weighted by molar-refractivity contribution is 0.667. The van der Waals surface area contributed by atoms with Crippen molar-refractivity contribution >= 4 is 5.71 Å². The van der Waals surface area contributed by atoms with Crippen LogP contribution in [0.15, 0.2) is 48.0 Å². The van der Waals surface area contributed by atoms with Gasteiger partial charge in [0.1, 0.15) is 5.83 Å². The van der Waals surface area contributed by atoms with Gasteiger partial charge in [0.2, 0.25) is 0 Å². The van der Waals surface area contributed by atoms with Crippen molar-refractivity contribution in [2.45, 2.75) is 13.8 Å². The van der Waals surface area contributed by atoms with Crippen LogP contribution in [0, 0.1) is 5.41 Å². The fraction of sp³-hybridized carbons (Fsp3) is 0.250. The van der Waals surface area contributed by atoms with E-state index in [-0.39, 0.29) is 5.71 Å². The third-order valence-electron chi connectivity index (χ3n) is 1.95. The summed E-state index contributed by atoms with van der Waals surface area (Å²) in [6.45, 7) is 10.5. The van der Waals surface area contributed by atoms with Crippen LogP contribution in [0.4, 0.5) is 4.39 Å². The highest BCUT2D eigenvalue weighted by molar-refractivity contribution is 6.11. The highest BCUT2D eigenvalue weighted by Crippen LogP contribution is 2.13. The minimum absolute atomic E-state index is 0.221. The summed E-state index contributed by atoms with van der Waals surface area (Å²) in [5, 5.41) is 10.6. The van der Waals surface area contributed by atoms with Crippen LogP contribution in [-0.2, 0) is 0 Å². The molecule has 0 rings (SSSR count). The van der Waals surface area contributed by atoms with Crippen molar-refractivity contribution < 1.29 is 4.39 Å². The average molecular weight is 208 g/mol. The van der Waals surface area contributed by atoms with Gasteiger partial charge in [-0.2, -0.15) is 0 Å². The van der Waals surface area contributed by atoms with E-state index in [0.29, 0.717) is 11.1 Å². The monoisotopic (exact) mass is 208 g/mol. The molecule has 0 radical (unpaired) electrons. The molecule has 0 fully saturated rings. The Morgan fingerprint density at radius 1 is 1.40 bits per heavy atom. The number of rotatable bonds is 5. The van der Waals surface area contributed by atoms with E-state index in [1.54, 1.807) is 20.9 Å². The van der Waals surface area contributed by atoms with E-state index < -0.39 is 5.83 Å². The summed E-state index contributed by atoms with van der Waals surface area (Å²) in [5.74, 6) is -0.467. The van der Waals surface area contributed by atoms with E-state index in [9.17, 15) is 4.39 Å². The number of hydrogen-bond donors (Lipinski definition) is 2. The van der Waals surface area contributed by atoms with E-state index in [1.807, 2.05) is 0 Å². The zero-order valence-corrected chi connectivity index (χ0v) is 9.45. The van der Waals surface area contributed by atoms with Gasteiger partial charge >= 0.3 is 0 Å². The summed E-state index contributed by atoms with van der Waals surface area (Å²) in [6.07, 6.45) is 2.38. The lowest BCUT2D eigenvalue weighted by Gasteiger charge is -2.09. The van der Waals surface area contributed by atoms with E-state index >= 15 is 0 Å². The summed E-state index contributed by atoms with van der Waals surface area (Å²) in [7, 11) is 1.72.